The number of aliphatic imine (C=N–C) groups is 1. The predicted octanol–water partition coefficient (Wildman–Crippen LogP) is 3.71. The molecule has 0 fully saturated rings. The van der Waals surface area contributed by atoms with Gasteiger partial charge in [0, 0.05) is 12.4 Å². The second-order valence-electron chi connectivity index (χ2n) is 5.33. The summed E-state index contributed by atoms with van der Waals surface area (Å²) in [5.41, 5.74) is 4.58. The zero-order chi connectivity index (χ0) is 15.4. The van der Waals surface area contributed by atoms with Crippen LogP contribution in [0.15, 0.2) is 35.6 Å². The molecule has 4 nitrogen and oxygen atoms in total. The largest absolute Gasteiger partial charge is 1.00 e. The molecule has 1 aromatic carbocycles. The van der Waals surface area contributed by atoms with Crippen molar-refractivity contribution < 1.29 is 5.85 Å². The lowest BCUT2D eigenvalue weighted by Crippen LogP contribution is -2.11. The van der Waals surface area contributed by atoms with Crippen LogP contribution in [-0.2, 0) is 0 Å². The summed E-state index contributed by atoms with van der Waals surface area (Å²) in [5.74, 6) is 0.859. The van der Waals surface area contributed by atoms with Crippen molar-refractivity contribution in [3.8, 4) is 5.75 Å². The van der Waals surface area contributed by atoms with Gasteiger partial charge in [0.15, 0.2) is 0 Å². The van der Waals surface area contributed by atoms with Gasteiger partial charge in [-0.1, -0.05) is 6.07 Å². The first-order valence-electron chi connectivity index (χ1n) is 7.08. The van der Waals surface area contributed by atoms with E-state index in [1.165, 1.54) is 5.56 Å². The Balaban J connectivity index is 0.00000242. The number of hydrogen-bond donors (Lipinski definition) is 0. The topological polar surface area (TPSA) is 47.4 Å². The lowest BCUT2D eigenvalue weighted by molar-refractivity contribution is 0.581. The Hall–Kier alpha value is -2.01. The smallest absolute Gasteiger partial charge is 0.546 e. The van der Waals surface area contributed by atoms with Crippen LogP contribution in [0.2, 0.25) is 13.1 Å². The molecule has 2 rings (SSSR count). The highest BCUT2D eigenvalue weighted by molar-refractivity contribution is 6.49. The molecular weight excluding hydrogens is 278 g/mol. The minimum atomic E-state index is -1.17. The molecule has 110 valence electrons. The molecule has 5 heteroatoms. The van der Waals surface area contributed by atoms with Gasteiger partial charge < -0.3 is 4.43 Å². The molecule has 0 amide bonds. The van der Waals surface area contributed by atoms with Gasteiger partial charge in [-0.3, -0.25) is 9.97 Å². The van der Waals surface area contributed by atoms with Crippen molar-refractivity contribution in [3.05, 3.63) is 47.5 Å². The number of aromatic nitrogens is 2. The summed E-state index contributed by atoms with van der Waals surface area (Å²) in [7, 11) is -1.17. The summed E-state index contributed by atoms with van der Waals surface area (Å²) in [6, 6.07) is 6.09. The number of nitrogens with zero attached hydrogens (tertiary/aromatic N) is 3. The van der Waals surface area contributed by atoms with Crippen molar-refractivity contribution in [3.63, 3.8) is 0 Å². The Morgan fingerprint density at radius 1 is 1.19 bits per heavy atom. The Morgan fingerprint density at radius 2 is 1.90 bits per heavy atom. The molecule has 0 bridgehead atoms. The Kier molecular flexibility index (Phi) is 4.85. The third-order valence-corrected chi connectivity index (χ3v) is 3.72. The maximum atomic E-state index is 5.99. The van der Waals surface area contributed by atoms with Crippen LogP contribution in [0.4, 0.5) is 5.69 Å². The van der Waals surface area contributed by atoms with Crippen LogP contribution in [0.1, 0.15) is 25.3 Å². The van der Waals surface area contributed by atoms with E-state index < -0.39 is 9.04 Å². The third kappa shape index (κ3) is 3.98. The van der Waals surface area contributed by atoms with Crippen LogP contribution in [0.3, 0.4) is 0 Å². The van der Waals surface area contributed by atoms with Gasteiger partial charge in [-0.2, -0.15) is 0 Å². The molecule has 0 aliphatic carbocycles. The summed E-state index contributed by atoms with van der Waals surface area (Å²) < 4.78 is 5.99. The molecular formula is C16H22N3OSi+. The van der Waals surface area contributed by atoms with Gasteiger partial charge >= 0.3 is 1.43 Å². The van der Waals surface area contributed by atoms with E-state index in [9.17, 15) is 0 Å². The summed E-state index contributed by atoms with van der Waals surface area (Å²) in [6.07, 6.45) is 3.38. The average molecular weight is 300 g/mol. The van der Waals surface area contributed by atoms with Crippen LogP contribution in [-0.4, -0.2) is 24.7 Å². The first-order chi connectivity index (χ1) is 9.97. The number of hydrogen-bond acceptors (Lipinski definition) is 4. The summed E-state index contributed by atoms with van der Waals surface area (Å²) >= 11 is 0. The lowest BCUT2D eigenvalue weighted by atomic mass is 10.2. The fourth-order valence-corrected chi connectivity index (χ4v) is 2.76. The van der Waals surface area contributed by atoms with Crippen LogP contribution in [0, 0.1) is 13.8 Å². The fraction of sp³-hybridized carbons (Fsp3) is 0.312. The van der Waals surface area contributed by atoms with Gasteiger partial charge in [0.1, 0.15) is 17.1 Å². The van der Waals surface area contributed by atoms with Gasteiger partial charge in [-0.25, -0.2) is 4.99 Å². The van der Waals surface area contributed by atoms with Crippen molar-refractivity contribution >= 4 is 20.4 Å². The molecule has 0 atom stereocenters. The van der Waals surface area contributed by atoms with Crippen LogP contribution in [0.5, 0.6) is 5.75 Å². The maximum absolute atomic E-state index is 5.99. The monoisotopic (exact) mass is 300 g/mol. The van der Waals surface area contributed by atoms with Gasteiger partial charge in [-0.15, -0.1) is 0 Å². The van der Waals surface area contributed by atoms with E-state index in [1.54, 1.807) is 12.4 Å². The molecule has 0 aliphatic rings. The van der Waals surface area contributed by atoms with E-state index in [-0.39, 0.29) is 1.43 Å². The maximum Gasteiger partial charge on any atom is 1.00 e. The van der Waals surface area contributed by atoms with E-state index >= 15 is 0 Å². The normalized spacial score (nSPS) is 11.8. The average Bonchev–Trinajstić information content (AvgIpc) is 2.41. The van der Waals surface area contributed by atoms with Crippen LogP contribution < -0.4 is 4.43 Å². The quantitative estimate of drug-likeness (QED) is 0.639. The zero-order valence-electron chi connectivity index (χ0n) is 14.2. The van der Waals surface area contributed by atoms with Gasteiger partial charge in [0.05, 0.1) is 11.4 Å². The van der Waals surface area contributed by atoms with Crippen molar-refractivity contribution in [2.45, 2.75) is 33.9 Å². The first kappa shape index (κ1) is 15.4. The SMILES string of the molecule is CC(=Nc1ccc(C)cc1O[SiH](C)C)c1nccnc1C.[H+]. The molecule has 0 saturated heterocycles. The number of benzene rings is 1. The van der Waals surface area contributed by atoms with Crippen molar-refractivity contribution in [2.24, 2.45) is 4.99 Å². The molecule has 0 aliphatic heterocycles. The van der Waals surface area contributed by atoms with Crippen LogP contribution >= 0.6 is 0 Å². The third-order valence-electron chi connectivity index (χ3n) is 2.99. The summed E-state index contributed by atoms with van der Waals surface area (Å²) in [4.78, 5) is 13.3. The van der Waals surface area contributed by atoms with E-state index in [1.807, 2.05) is 32.0 Å². The molecule has 1 heterocycles. The standard InChI is InChI=1S/C16H21N3OSi/c1-11-6-7-14(15(10-11)20-21(4)5)19-13(3)16-12(2)17-8-9-18-16/h6-10,21H,1-5H3/p+1. The predicted molar refractivity (Wildman–Crippen MR) is 90.4 cm³/mol. The summed E-state index contributed by atoms with van der Waals surface area (Å²) in [6.45, 7) is 10.2. The van der Waals surface area contributed by atoms with Gasteiger partial charge in [-0.05, 0) is 51.6 Å². The van der Waals surface area contributed by atoms with E-state index in [2.05, 4.69) is 30.0 Å². The second-order valence-corrected chi connectivity index (χ2v) is 7.66. The van der Waals surface area contributed by atoms with Crippen molar-refractivity contribution in [1.29, 1.82) is 0 Å². The highest BCUT2D eigenvalue weighted by Crippen LogP contribution is 2.29. The van der Waals surface area contributed by atoms with Crippen LogP contribution in [0.25, 0.3) is 0 Å². The molecule has 21 heavy (non-hydrogen) atoms. The molecule has 1 aromatic heterocycles. The number of rotatable bonds is 4. The Bertz CT molecular complexity index is 674. The van der Waals surface area contributed by atoms with Gasteiger partial charge in [0.2, 0.25) is 9.04 Å². The van der Waals surface area contributed by atoms with E-state index in [0.717, 1.165) is 28.5 Å². The molecule has 0 saturated carbocycles. The minimum absolute atomic E-state index is 0. The van der Waals surface area contributed by atoms with E-state index in [0.29, 0.717) is 0 Å². The Labute approximate surface area is 129 Å². The molecule has 2 aromatic rings. The summed E-state index contributed by atoms with van der Waals surface area (Å²) in [5, 5.41) is 0. The Morgan fingerprint density at radius 3 is 2.57 bits per heavy atom. The fourth-order valence-electron chi connectivity index (χ4n) is 2.06. The first-order valence-corrected chi connectivity index (χ1v) is 9.86. The van der Waals surface area contributed by atoms with E-state index in [4.69, 9.17) is 9.42 Å². The zero-order valence-corrected chi connectivity index (χ0v) is 14.4. The lowest BCUT2D eigenvalue weighted by Gasteiger charge is -2.13. The van der Waals surface area contributed by atoms with Crippen molar-refractivity contribution in [2.75, 3.05) is 0 Å². The molecule has 0 spiro atoms. The molecule has 0 N–H and O–H groups in total. The minimum Gasteiger partial charge on any atom is -0.546 e. The second kappa shape index (κ2) is 6.63. The highest BCUT2D eigenvalue weighted by Gasteiger charge is 2.09. The molecule has 0 radical (unpaired) electrons. The number of aryl methyl sites for hydroxylation is 2. The van der Waals surface area contributed by atoms with Gasteiger partial charge in [0.25, 0.3) is 0 Å². The molecule has 0 unspecified atom stereocenters. The van der Waals surface area contributed by atoms with Crippen molar-refractivity contribution in [1.82, 2.24) is 9.97 Å². The highest BCUT2D eigenvalue weighted by atomic mass is 28.3.